The standard InChI is InChI=1S/C16H17ClN2S/c1-10-7-8-13(9-14(10)17)18-16(20)19-15-11(2)5-4-6-12(15)3/h4-9H,1-3H3,(H2,18,19,20). The Morgan fingerprint density at radius 3 is 2.20 bits per heavy atom. The van der Waals surface area contributed by atoms with Crippen molar-refractivity contribution < 1.29 is 0 Å². The molecule has 0 aromatic heterocycles. The van der Waals surface area contributed by atoms with Crippen LogP contribution in [0.25, 0.3) is 0 Å². The quantitative estimate of drug-likeness (QED) is 0.757. The fourth-order valence-electron chi connectivity index (χ4n) is 1.96. The van der Waals surface area contributed by atoms with Crippen molar-refractivity contribution in [3.8, 4) is 0 Å². The van der Waals surface area contributed by atoms with E-state index in [0.29, 0.717) is 5.11 Å². The average Bonchev–Trinajstić information content (AvgIpc) is 2.38. The smallest absolute Gasteiger partial charge is 0.175 e. The van der Waals surface area contributed by atoms with E-state index >= 15 is 0 Å². The van der Waals surface area contributed by atoms with Gasteiger partial charge in [-0.05, 0) is 61.8 Å². The first-order valence-corrected chi connectivity index (χ1v) is 7.16. The maximum absolute atomic E-state index is 6.10. The first-order valence-electron chi connectivity index (χ1n) is 6.38. The second kappa shape index (κ2) is 6.25. The van der Waals surface area contributed by atoms with E-state index in [0.717, 1.165) is 33.1 Å². The third-order valence-electron chi connectivity index (χ3n) is 3.15. The number of benzene rings is 2. The third-order valence-corrected chi connectivity index (χ3v) is 3.76. The summed E-state index contributed by atoms with van der Waals surface area (Å²) in [5.41, 5.74) is 5.30. The largest absolute Gasteiger partial charge is 0.332 e. The molecule has 0 saturated heterocycles. The van der Waals surface area contributed by atoms with Gasteiger partial charge in [0.1, 0.15) is 0 Å². The second-order valence-corrected chi connectivity index (χ2v) is 5.63. The van der Waals surface area contributed by atoms with Gasteiger partial charge in [0.15, 0.2) is 5.11 Å². The number of anilines is 2. The van der Waals surface area contributed by atoms with Gasteiger partial charge >= 0.3 is 0 Å². The highest BCUT2D eigenvalue weighted by Crippen LogP contribution is 2.22. The summed E-state index contributed by atoms with van der Waals surface area (Å²) >= 11 is 11.5. The Morgan fingerprint density at radius 2 is 1.60 bits per heavy atom. The molecule has 4 heteroatoms. The van der Waals surface area contributed by atoms with Crippen molar-refractivity contribution in [2.24, 2.45) is 0 Å². The molecule has 2 aromatic rings. The van der Waals surface area contributed by atoms with Gasteiger partial charge in [-0.3, -0.25) is 0 Å². The van der Waals surface area contributed by atoms with Gasteiger partial charge in [0.2, 0.25) is 0 Å². The van der Waals surface area contributed by atoms with E-state index in [1.807, 2.05) is 31.2 Å². The molecule has 20 heavy (non-hydrogen) atoms. The van der Waals surface area contributed by atoms with Crippen molar-refractivity contribution in [3.63, 3.8) is 0 Å². The lowest BCUT2D eigenvalue weighted by molar-refractivity contribution is 1.37. The van der Waals surface area contributed by atoms with Gasteiger partial charge < -0.3 is 10.6 Å². The molecule has 0 spiro atoms. The van der Waals surface area contributed by atoms with Crippen molar-refractivity contribution >= 4 is 40.3 Å². The van der Waals surface area contributed by atoms with Crippen LogP contribution < -0.4 is 10.6 Å². The van der Waals surface area contributed by atoms with E-state index in [1.165, 1.54) is 0 Å². The Morgan fingerprint density at radius 1 is 0.950 bits per heavy atom. The lowest BCUT2D eigenvalue weighted by atomic mass is 10.1. The maximum Gasteiger partial charge on any atom is 0.175 e. The van der Waals surface area contributed by atoms with Crippen LogP contribution in [0.2, 0.25) is 5.02 Å². The molecule has 2 N–H and O–H groups in total. The van der Waals surface area contributed by atoms with Crippen LogP contribution in [0.15, 0.2) is 36.4 Å². The average molecular weight is 305 g/mol. The van der Waals surface area contributed by atoms with E-state index in [2.05, 4.69) is 36.6 Å². The molecule has 2 nitrogen and oxygen atoms in total. The van der Waals surface area contributed by atoms with Crippen LogP contribution in [0.5, 0.6) is 0 Å². The Bertz CT molecular complexity index is 633. The zero-order valence-corrected chi connectivity index (χ0v) is 13.3. The summed E-state index contributed by atoms with van der Waals surface area (Å²) in [4.78, 5) is 0. The molecule has 0 aliphatic carbocycles. The molecule has 0 unspecified atom stereocenters. The SMILES string of the molecule is Cc1ccc(NC(=S)Nc2c(C)cccc2C)cc1Cl. The molecule has 0 heterocycles. The molecule has 0 amide bonds. The normalized spacial score (nSPS) is 10.2. The Balaban J connectivity index is 2.11. The summed E-state index contributed by atoms with van der Waals surface area (Å²) < 4.78 is 0. The summed E-state index contributed by atoms with van der Waals surface area (Å²) in [6, 6.07) is 11.9. The van der Waals surface area contributed by atoms with Gasteiger partial charge in [0, 0.05) is 16.4 Å². The molecule has 0 fully saturated rings. The molecule has 0 aliphatic rings. The summed E-state index contributed by atoms with van der Waals surface area (Å²) in [5.74, 6) is 0. The minimum Gasteiger partial charge on any atom is -0.332 e. The van der Waals surface area contributed by atoms with Gasteiger partial charge in [-0.2, -0.15) is 0 Å². The van der Waals surface area contributed by atoms with E-state index < -0.39 is 0 Å². The molecule has 2 rings (SSSR count). The van der Waals surface area contributed by atoms with E-state index in [1.54, 1.807) is 0 Å². The van der Waals surface area contributed by atoms with E-state index in [-0.39, 0.29) is 0 Å². The highest BCUT2D eigenvalue weighted by Gasteiger charge is 2.05. The molecule has 104 valence electrons. The summed E-state index contributed by atoms with van der Waals surface area (Å²) in [6.45, 7) is 6.08. The number of halogens is 1. The van der Waals surface area contributed by atoms with Crippen molar-refractivity contribution in [2.75, 3.05) is 10.6 Å². The van der Waals surface area contributed by atoms with Crippen LogP contribution >= 0.6 is 23.8 Å². The maximum atomic E-state index is 6.10. The fraction of sp³-hybridized carbons (Fsp3) is 0.188. The van der Waals surface area contributed by atoms with Crippen LogP contribution in [0.3, 0.4) is 0 Å². The number of aryl methyl sites for hydroxylation is 3. The number of nitrogens with one attached hydrogen (secondary N) is 2. The van der Waals surface area contributed by atoms with Crippen LogP contribution in [-0.4, -0.2) is 5.11 Å². The van der Waals surface area contributed by atoms with Gasteiger partial charge in [0.25, 0.3) is 0 Å². The zero-order valence-electron chi connectivity index (χ0n) is 11.8. The predicted molar refractivity (Wildman–Crippen MR) is 91.9 cm³/mol. The van der Waals surface area contributed by atoms with Crippen LogP contribution in [0.1, 0.15) is 16.7 Å². The highest BCUT2D eigenvalue weighted by atomic mass is 35.5. The van der Waals surface area contributed by atoms with Crippen molar-refractivity contribution in [3.05, 3.63) is 58.1 Å². The lowest BCUT2D eigenvalue weighted by Gasteiger charge is -2.15. The van der Waals surface area contributed by atoms with Crippen LogP contribution in [-0.2, 0) is 0 Å². The third kappa shape index (κ3) is 3.50. The van der Waals surface area contributed by atoms with Crippen LogP contribution in [0, 0.1) is 20.8 Å². The number of hydrogen-bond donors (Lipinski definition) is 2. The molecule has 0 saturated carbocycles. The van der Waals surface area contributed by atoms with Gasteiger partial charge in [-0.25, -0.2) is 0 Å². The van der Waals surface area contributed by atoms with Gasteiger partial charge in [0.05, 0.1) is 0 Å². The van der Waals surface area contributed by atoms with Crippen molar-refractivity contribution in [2.45, 2.75) is 20.8 Å². The van der Waals surface area contributed by atoms with Crippen molar-refractivity contribution in [1.29, 1.82) is 0 Å². The number of rotatable bonds is 2. The lowest BCUT2D eigenvalue weighted by Crippen LogP contribution is -2.20. The molecule has 2 aromatic carbocycles. The van der Waals surface area contributed by atoms with E-state index in [4.69, 9.17) is 23.8 Å². The number of thiocarbonyl (C=S) groups is 1. The number of para-hydroxylation sites is 1. The molecule has 0 aliphatic heterocycles. The summed E-state index contributed by atoms with van der Waals surface area (Å²) in [7, 11) is 0. The highest BCUT2D eigenvalue weighted by molar-refractivity contribution is 7.80. The Labute approximate surface area is 130 Å². The monoisotopic (exact) mass is 304 g/mol. The first-order chi connectivity index (χ1) is 9.47. The molecular weight excluding hydrogens is 288 g/mol. The number of hydrogen-bond acceptors (Lipinski definition) is 1. The van der Waals surface area contributed by atoms with Gasteiger partial charge in [-0.1, -0.05) is 35.9 Å². The summed E-state index contributed by atoms with van der Waals surface area (Å²) in [5, 5.41) is 7.67. The molecular formula is C16H17ClN2S. The van der Waals surface area contributed by atoms with Crippen molar-refractivity contribution in [1.82, 2.24) is 0 Å². The first kappa shape index (κ1) is 14.8. The minimum absolute atomic E-state index is 0.558. The minimum atomic E-state index is 0.558. The molecule has 0 radical (unpaired) electrons. The fourth-order valence-corrected chi connectivity index (χ4v) is 2.36. The topological polar surface area (TPSA) is 24.1 Å². The Hall–Kier alpha value is -1.58. The molecule has 0 atom stereocenters. The van der Waals surface area contributed by atoms with Gasteiger partial charge in [-0.15, -0.1) is 0 Å². The summed E-state index contributed by atoms with van der Waals surface area (Å²) in [6.07, 6.45) is 0. The predicted octanol–water partition coefficient (Wildman–Crippen LogP) is 5.07. The second-order valence-electron chi connectivity index (χ2n) is 4.81. The van der Waals surface area contributed by atoms with E-state index in [9.17, 15) is 0 Å². The van der Waals surface area contributed by atoms with Crippen LogP contribution in [0.4, 0.5) is 11.4 Å². The zero-order chi connectivity index (χ0) is 14.7. The molecule has 0 bridgehead atoms. The Kier molecular flexibility index (Phi) is 4.63.